The Balaban J connectivity index is 1.56. The molecule has 1 saturated heterocycles. The van der Waals surface area contributed by atoms with Crippen LogP contribution in [0.2, 0.25) is 0 Å². The second-order valence-electron chi connectivity index (χ2n) is 7.63. The molecule has 1 aromatic heterocycles. The van der Waals surface area contributed by atoms with Gasteiger partial charge < -0.3 is 19.9 Å². The van der Waals surface area contributed by atoms with Crippen LogP contribution in [-0.2, 0) is 16.8 Å². The highest BCUT2D eigenvalue weighted by atomic mass is 16.5. The molecule has 0 unspecified atom stereocenters. The SMILES string of the molecule is Cc1ccccc1NC(=O)N1CC[C@@]2(COCc3cnc(N(C)C)nc32)C1. The summed E-state index contributed by atoms with van der Waals surface area (Å²) in [7, 11) is 3.87. The van der Waals surface area contributed by atoms with Gasteiger partial charge in [-0.05, 0) is 25.0 Å². The molecule has 0 aliphatic carbocycles. The van der Waals surface area contributed by atoms with Gasteiger partial charge in [0.05, 0.1) is 24.3 Å². The number of likely N-dealkylation sites (tertiary alicyclic amines) is 1. The van der Waals surface area contributed by atoms with Crippen LogP contribution in [0.1, 0.15) is 23.2 Å². The standard InChI is InChI=1S/C20H25N5O2/c1-14-6-4-5-7-16(14)22-19(26)25-9-8-20(12-25)13-27-11-15-10-21-18(24(2)3)23-17(15)20/h4-7,10H,8-9,11-13H2,1-3H3,(H,22,26)/t20-/m0/s1. The quantitative estimate of drug-likeness (QED) is 0.883. The van der Waals surface area contributed by atoms with E-state index < -0.39 is 0 Å². The molecule has 7 heteroatoms. The Hall–Kier alpha value is -2.67. The van der Waals surface area contributed by atoms with Gasteiger partial charge in [-0.15, -0.1) is 0 Å². The van der Waals surface area contributed by atoms with Crippen LogP contribution in [0.25, 0.3) is 0 Å². The first-order valence-corrected chi connectivity index (χ1v) is 9.21. The number of fused-ring (bicyclic) bond motifs is 2. The zero-order valence-electron chi connectivity index (χ0n) is 16.0. The molecule has 1 fully saturated rings. The number of urea groups is 1. The van der Waals surface area contributed by atoms with Crippen molar-refractivity contribution >= 4 is 17.7 Å². The van der Waals surface area contributed by atoms with Gasteiger partial charge >= 0.3 is 6.03 Å². The van der Waals surface area contributed by atoms with Crippen molar-refractivity contribution in [2.24, 2.45) is 0 Å². The molecule has 1 spiro atoms. The lowest BCUT2D eigenvalue weighted by Gasteiger charge is -2.34. The van der Waals surface area contributed by atoms with Crippen molar-refractivity contribution < 1.29 is 9.53 Å². The second kappa shape index (κ2) is 6.81. The van der Waals surface area contributed by atoms with Crippen LogP contribution in [-0.4, -0.2) is 54.7 Å². The van der Waals surface area contributed by atoms with Crippen LogP contribution in [0.15, 0.2) is 30.5 Å². The van der Waals surface area contributed by atoms with E-state index in [0.717, 1.165) is 28.9 Å². The summed E-state index contributed by atoms with van der Waals surface area (Å²) in [5.74, 6) is 0.692. The average Bonchev–Trinajstić information content (AvgIpc) is 3.08. The molecular weight excluding hydrogens is 342 g/mol. The molecule has 0 radical (unpaired) electrons. The van der Waals surface area contributed by atoms with E-state index in [1.54, 1.807) is 0 Å². The van der Waals surface area contributed by atoms with Crippen LogP contribution in [0.4, 0.5) is 16.4 Å². The van der Waals surface area contributed by atoms with E-state index in [-0.39, 0.29) is 11.4 Å². The van der Waals surface area contributed by atoms with Gasteiger partial charge in [-0.25, -0.2) is 14.8 Å². The number of hydrogen-bond donors (Lipinski definition) is 1. The Morgan fingerprint density at radius 2 is 2.15 bits per heavy atom. The predicted octanol–water partition coefficient (Wildman–Crippen LogP) is 2.56. The number of carbonyl (C=O) groups is 1. The molecule has 2 aliphatic rings. The third kappa shape index (κ3) is 3.23. The van der Waals surface area contributed by atoms with Gasteiger partial charge in [-0.1, -0.05) is 18.2 Å². The average molecular weight is 367 g/mol. The molecule has 2 amide bonds. The van der Waals surface area contributed by atoms with Gasteiger partial charge in [0.25, 0.3) is 0 Å². The van der Waals surface area contributed by atoms with E-state index in [0.29, 0.717) is 32.3 Å². The molecule has 1 atom stereocenters. The van der Waals surface area contributed by atoms with Crippen molar-refractivity contribution in [1.82, 2.24) is 14.9 Å². The lowest BCUT2D eigenvalue weighted by Crippen LogP contribution is -2.42. The van der Waals surface area contributed by atoms with Gasteiger partial charge in [-0.2, -0.15) is 0 Å². The number of para-hydroxylation sites is 1. The summed E-state index contributed by atoms with van der Waals surface area (Å²) in [6.45, 7) is 4.38. The number of ether oxygens (including phenoxy) is 1. The minimum atomic E-state index is -0.260. The number of amides is 2. The van der Waals surface area contributed by atoms with Gasteiger partial charge in [0, 0.05) is 44.6 Å². The normalized spacial score (nSPS) is 21.2. The summed E-state index contributed by atoms with van der Waals surface area (Å²) in [4.78, 5) is 25.8. The summed E-state index contributed by atoms with van der Waals surface area (Å²) in [5.41, 5.74) is 3.69. The maximum Gasteiger partial charge on any atom is 0.321 e. The molecule has 3 heterocycles. The lowest BCUT2D eigenvalue weighted by atomic mass is 9.80. The van der Waals surface area contributed by atoms with E-state index in [1.807, 2.05) is 61.3 Å². The number of aromatic nitrogens is 2. The molecule has 0 saturated carbocycles. The summed E-state index contributed by atoms with van der Waals surface area (Å²) < 4.78 is 5.85. The highest BCUT2D eigenvalue weighted by molar-refractivity contribution is 5.90. The molecule has 1 N–H and O–H groups in total. The number of carbonyl (C=O) groups excluding carboxylic acids is 1. The van der Waals surface area contributed by atoms with Crippen molar-refractivity contribution in [2.75, 3.05) is 44.0 Å². The summed E-state index contributed by atoms with van der Waals surface area (Å²) in [6.07, 6.45) is 2.69. The minimum Gasteiger partial charge on any atom is -0.376 e. The molecule has 1 aromatic carbocycles. The second-order valence-corrected chi connectivity index (χ2v) is 7.63. The Bertz CT molecular complexity index is 869. The predicted molar refractivity (Wildman–Crippen MR) is 104 cm³/mol. The monoisotopic (exact) mass is 367 g/mol. The van der Waals surface area contributed by atoms with E-state index in [1.165, 1.54) is 0 Å². The molecule has 27 heavy (non-hydrogen) atoms. The minimum absolute atomic E-state index is 0.0739. The number of hydrogen-bond acceptors (Lipinski definition) is 5. The van der Waals surface area contributed by atoms with Crippen LogP contribution in [0.5, 0.6) is 0 Å². The first-order valence-electron chi connectivity index (χ1n) is 9.21. The molecular formula is C20H25N5O2. The number of benzene rings is 1. The highest BCUT2D eigenvalue weighted by Crippen LogP contribution is 2.39. The zero-order valence-corrected chi connectivity index (χ0v) is 16.0. The van der Waals surface area contributed by atoms with Crippen LogP contribution in [0, 0.1) is 6.92 Å². The van der Waals surface area contributed by atoms with Crippen molar-refractivity contribution in [3.05, 3.63) is 47.3 Å². The topological polar surface area (TPSA) is 70.6 Å². The fourth-order valence-corrected chi connectivity index (χ4v) is 3.87. The third-order valence-electron chi connectivity index (χ3n) is 5.42. The van der Waals surface area contributed by atoms with Gasteiger partial charge in [0.2, 0.25) is 5.95 Å². The van der Waals surface area contributed by atoms with E-state index in [4.69, 9.17) is 9.72 Å². The van der Waals surface area contributed by atoms with Crippen LogP contribution >= 0.6 is 0 Å². The molecule has 142 valence electrons. The highest BCUT2D eigenvalue weighted by Gasteiger charge is 2.46. The summed E-state index contributed by atoms with van der Waals surface area (Å²) >= 11 is 0. The van der Waals surface area contributed by atoms with Crippen molar-refractivity contribution in [3.8, 4) is 0 Å². The molecule has 0 bridgehead atoms. The van der Waals surface area contributed by atoms with Crippen LogP contribution < -0.4 is 10.2 Å². The number of anilines is 2. The Morgan fingerprint density at radius 3 is 2.93 bits per heavy atom. The fraction of sp³-hybridized carbons (Fsp3) is 0.450. The lowest BCUT2D eigenvalue weighted by molar-refractivity contribution is 0.0521. The van der Waals surface area contributed by atoms with Crippen molar-refractivity contribution in [3.63, 3.8) is 0 Å². The Kier molecular flexibility index (Phi) is 4.47. The number of aryl methyl sites for hydroxylation is 1. The summed E-state index contributed by atoms with van der Waals surface area (Å²) in [5, 5.41) is 3.03. The Morgan fingerprint density at radius 1 is 1.33 bits per heavy atom. The fourth-order valence-electron chi connectivity index (χ4n) is 3.87. The third-order valence-corrected chi connectivity index (χ3v) is 5.42. The number of rotatable bonds is 2. The molecule has 7 nitrogen and oxygen atoms in total. The van der Waals surface area contributed by atoms with Gasteiger partial charge in [0.15, 0.2) is 0 Å². The van der Waals surface area contributed by atoms with Crippen LogP contribution in [0.3, 0.4) is 0 Å². The summed E-state index contributed by atoms with van der Waals surface area (Å²) in [6, 6.07) is 7.74. The van der Waals surface area contributed by atoms with Crippen molar-refractivity contribution in [2.45, 2.75) is 25.4 Å². The number of nitrogens with one attached hydrogen (secondary N) is 1. The van der Waals surface area contributed by atoms with E-state index in [2.05, 4.69) is 10.3 Å². The van der Waals surface area contributed by atoms with Crippen molar-refractivity contribution in [1.29, 1.82) is 0 Å². The molecule has 2 aromatic rings. The maximum absolute atomic E-state index is 12.8. The van der Waals surface area contributed by atoms with E-state index in [9.17, 15) is 4.79 Å². The molecule has 2 aliphatic heterocycles. The van der Waals surface area contributed by atoms with E-state index >= 15 is 0 Å². The first-order chi connectivity index (χ1) is 13.0. The molecule has 4 rings (SSSR count). The Labute approximate surface area is 159 Å². The maximum atomic E-state index is 12.8. The first kappa shape index (κ1) is 17.7. The number of nitrogens with zero attached hydrogens (tertiary/aromatic N) is 4. The van der Waals surface area contributed by atoms with Gasteiger partial charge in [-0.3, -0.25) is 0 Å². The smallest absolute Gasteiger partial charge is 0.321 e. The van der Waals surface area contributed by atoms with Gasteiger partial charge in [0.1, 0.15) is 0 Å². The zero-order chi connectivity index (χ0) is 19.0. The largest absolute Gasteiger partial charge is 0.376 e.